The molecule has 0 saturated carbocycles. The quantitative estimate of drug-likeness (QED) is 0.757. The maximum absolute atomic E-state index is 12.5. The molecule has 0 bridgehead atoms. The Bertz CT molecular complexity index is 344. The number of alkyl halides is 2. The van der Waals surface area contributed by atoms with E-state index in [0.717, 1.165) is 6.07 Å². The molecule has 0 saturated heterocycles. The van der Waals surface area contributed by atoms with Crippen molar-refractivity contribution in [2.24, 2.45) is 5.90 Å². The molecule has 1 rings (SSSR count). The monoisotopic (exact) mass is 219 g/mol. The topological polar surface area (TPSA) is 64.7 Å². The summed E-state index contributed by atoms with van der Waals surface area (Å²) >= 11 is 0. The third kappa shape index (κ3) is 2.54. The van der Waals surface area contributed by atoms with Crippen LogP contribution in [0.5, 0.6) is 11.5 Å². The van der Waals surface area contributed by atoms with Crippen molar-refractivity contribution in [2.75, 3.05) is 7.11 Å². The largest absolute Gasteiger partial charge is 0.507 e. The van der Waals surface area contributed by atoms with Gasteiger partial charge in [0.1, 0.15) is 11.5 Å². The third-order valence-corrected chi connectivity index (χ3v) is 1.90. The molecule has 0 aromatic heterocycles. The normalized spacial score (nSPS) is 10.7. The molecule has 0 aliphatic carbocycles. The van der Waals surface area contributed by atoms with Gasteiger partial charge in [-0.05, 0) is 12.1 Å². The molecule has 0 atom stereocenters. The van der Waals surface area contributed by atoms with Gasteiger partial charge in [0.2, 0.25) is 0 Å². The van der Waals surface area contributed by atoms with Gasteiger partial charge in [-0.3, -0.25) is 4.84 Å². The van der Waals surface area contributed by atoms with Crippen molar-refractivity contribution >= 4 is 0 Å². The zero-order valence-electron chi connectivity index (χ0n) is 8.04. The van der Waals surface area contributed by atoms with Crippen LogP contribution in [0.15, 0.2) is 12.1 Å². The standard InChI is InChI=1S/C9H11F2NO3/c1-14-6-2-5(4-15-12)8(13)7(3-6)9(10)11/h2-3,9,13H,4,12H2,1H3. The Hall–Kier alpha value is -1.40. The van der Waals surface area contributed by atoms with E-state index in [9.17, 15) is 13.9 Å². The average Bonchev–Trinajstić information content (AvgIpc) is 2.21. The number of aromatic hydroxyl groups is 1. The first-order valence-electron chi connectivity index (χ1n) is 4.09. The minimum atomic E-state index is -2.78. The molecule has 0 amide bonds. The van der Waals surface area contributed by atoms with Crippen LogP contribution in [-0.4, -0.2) is 12.2 Å². The predicted octanol–water partition coefficient (Wildman–Crippen LogP) is 1.73. The van der Waals surface area contributed by atoms with E-state index in [2.05, 4.69) is 4.84 Å². The molecular formula is C9H11F2NO3. The fourth-order valence-corrected chi connectivity index (χ4v) is 1.17. The van der Waals surface area contributed by atoms with Crippen molar-refractivity contribution in [1.82, 2.24) is 0 Å². The number of hydrogen-bond acceptors (Lipinski definition) is 4. The minimum absolute atomic E-state index is 0.159. The lowest BCUT2D eigenvalue weighted by Crippen LogP contribution is -2.01. The van der Waals surface area contributed by atoms with E-state index < -0.39 is 17.7 Å². The van der Waals surface area contributed by atoms with Crippen LogP contribution in [0.1, 0.15) is 17.6 Å². The van der Waals surface area contributed by atoms with Gasteiger partial charge in [-0.2, -0.15) is 0 Å². The SMILES string of the molecule is COc1cc(CON)c(O)c(C(F)F)c1. The van der Waals surface area contributed by atoms with Crippen molar-refractivity contribution in [3.63, 3.8) is 0 Å². The smallest absolute Gasteiger partial charge is 0.267 e. The van der Waals surface area contributed by atoms with Crippen molar-refractivity contribution in [1.29, 1.82) is 0 Å². The van der Waals surface area contributed by atoms with Gasteiger partial charge in [0.25, 0.3) is 6.43 Å². The fraction of sp³-hybridized carbons (Fsp3) is 0.333. The number of ether oxygens (including phenoxy) is 1. The van der Waals surface area contributed by atoms with Gasteiger partial charge >= 0.3 is 0 Å². The second-order valence-corrected chi connectivity index (χ2v) is 2.84. The number of halogens is 2. The second-order valence-electron chi connectivity index (χ2n) is 2.84. The molecule has 3 N–H and O–H groups in total. The summed E-state index contributed by atoms with van der Waals surface area (Å²) in [5.41, 5.74) is -0.339. The highest BCUT2D eigenvalue weighted by Gasteiger charge is 2.17. The number of rotatable bonds is 4. The van der Waals surface area contributed by atoms with Crippen LogP contribution in [0, 0.1) is 0 Å². The van der Waals surface area contributed by atoms with Gasteiger partial charge in [-0.1, -0.05) is 0 Å². The van der Waals surface area contributed by atoms with Crippen LogP contribution in [0.3, 0.4) is 0 Å². The first-order valence-corrected chi connectivity index (χ1v) is 4.09. The number of hydrogen-bond donors (Lipinski definition) is 2. The van der Waals surface area contributed by atoms with Crippen LogP contribution in [0.2, 0.25) is 0 Å². The second kappa shape index (κ2) is 4.90. The van der Waals surface area contributed by atoms with Crippen LogP contribution in [0.4, 0.5) is 8.78 Å². The lowest BCUT2D eigenvalue weighted by atomic mass is 10.1. The zero-order chi connectivity index (χ0) is 11.4. The van der Waals surface area contributed by atoms with Crippen molar-refractivity contribution < 1.29 is 23.5 Å². The Balaban J connectivity index is 3.20. The highest BCUT2D eigenvalue weighted by atomic mass is 19.3. The molecule has 84 valence electrons. The van der Waals surface area contributed by atoms with Crippen LogP contribution in [-0.2, 0) is 11.4 Å². The number of methoxy groups -OCH3 is 1. The summed E-state index contributed by atoms with van der Waals surface area (Å²) in [5.74, 6) is 4.51. The summed E-state index contributed by atoms with van der Waals surface area (Å²) in [7, 11) is 1.34. The fourth-order valence-electron chi connectivity index (χ4n) is 1.17. The summed E-state index contributed by atoms with van der Waals surface area (Å²) in [6.07, 6.45) is -2.78. The summed E-state index contributed by atoms with van der Waals surface area (Å²) in [6.45, 7) is -0.164. The van der Waals surface area contributed by atoms with E-state index in [1.165, 1.54) is 13.2 Å². The van der Waals surface area contributed by atoms with Crippen molar-refractivity contribution in [2.45, 2.75) is 13.0 Å². The number of phenols is 1. The molecule has 1 aromatic rings. The predicted molar refractivity (Wildman–Crippen MR) is 48.6 cm³/mol. The molecule has 0 unspecified atom stereocenters. The Morgan fingerprint density at radius 3 is 2.60 bits per heavy atom. The molecule has 6 heteroatoms. The van der Waals surface area contributed by atoms with Crippen LogP contribution >= 0.6 is 0 Å². The average molecular weight is 219 g/mol. The molecule has 0 aliphatic heterocycles. The maximum atomic E-state index is 12.5. The minimum Gasteiger partial charge on any atom is -0.507 e. The van der Waals surface area contributed by atoms with E-state index >= 15 is 0 Å². The molecular weight excluding hydrogens is 208 g/mol. The van der Waals surface area contributed by atoms with Crippen molar-refractivity contribution in [3.05, 3.63) is 23.3 Å². The van der Waals surface area contributed by atoms with Gasteiger partial charge < -0.3 is 9.84 Å². The Morgan fingerprint density at radius 2 is 2.13 bits per heavy atom. The maximum Gasteiger partial charge on any atom is 0.267 e. The summed E-state index contributed by atoms with van der Waals surface area (Å²) < 4.78 is 29.8. The van der Waals surface area contributed by atoms with E-state index in [0.29, 0.717) is 0 Å². The van der Waals surface area contributed by atoms with E-state index in [-0.39, 0.29) is 17.9 Å². The lowest BCUT2D eigenvalue weighted by Gasteiger charge is -2.11. The third-order valence-electron chi connectivity index (χ3n) is 1.90. The molecule has 0 radical (unpaired) electrons. The van der Waals surface area contributed by atoms with Gasteiger partial charge in [-0.25, -0.2) is 14.7 Å². The van der Waals surface area contributed by atoms with E-state index in [4.69, 9.17) is 10.6 Å². The molecule has 0 heterocycles. The molecule has 1 aromatic carbocycles. The summed E-state index contributed by atoms with van der Waals surface area (Å²) in [5, 5.41) is 9.44. The lowest BCUT2D eigenvalue weighted by molar-refractivity contribution is 0.119. The van der Waals surface area contributed by atoms with Gasteiger partial charge in [0.05, 0.1) is 19.3 Å². The van der Waals surface area contributed by atoms with Gasteiger partial charge in [-0.15, -0.1) is 0 Å². The molecule has 15 heavy (non-hydrogen) atoms. The first-order chi connectivity index (χ1) is 7.10. The number of phenolic OH excluding ortho intramolecular Hbond substituents is 1. The van der Waals surface area contributed by atoms with Gasteiger partial charge in [0, 0.05) is 5.56 Å². The van der Waals surface area contributed by atoms with E-state index in [1.807, 2.05) is 0 Å². The number of benzene rings is 1. The van der Waals surface area contributed by atoms with E-state index in [1.54, 1.807) is 0 Å². The highest BCUT2D eigenvalue weighted by molar-refractivity contribution is 5.46. The molecule has 4 nitrogen and oxygen atoms in total. The van der Waals surface area contributed by atoms with Crippen LogP contribution < -0.4 is 10.6 Å². The Labute approximate surface area is 85.2 Å². The molecule has 0 fully saturated rings. The summed E-state index contributed by atoms with van der Waals surface area (Å²) in [4.78, 5) is 4.28. The van der Waals surface area contributed by atoms with Crippen LogP contribution in [0.25, 0.3) is 0 Å². The Morgan fingerprint density at radius 1 is 1.47 bits per heavy atom. The summed E-state index contributed by atoms with van der Waals surface area (Å²) in [6, 6.07) is 2.45. The number of nitrogens with two attached hydrogens (primary N) is 1. The van der Waals surface area contributed by atoms with Gasteiger partial charge in [0.15, 0.2) is 0 Å². The molecule has 0 aliphatic rings. The Kier molecular flexibility index (Phi) is 3.81. The zero-order valence-corrected chi connectivity index (χ0v) is 8.04. The molecule has 0 spiro atoms. The van der Waals surface area contributed by atoms with Crippen molar-refractivity contribution in [3.8, 4) is 11.5 Å². The first kappa shape index (κ1) is 11.7. The highest BCUT2D eigenvalue weighted by Crippen LogP contribution is 2.35.